The van der Waals surface area contributed by atoms with Gasteiger partial charge in [-0.3, -0.25) is 24.3 Å². The van der Waals surface area contributed by atoms with Crippen molar-refractivity contribution in [1.82, 2.24) is 5.32 Å². The number of hydroxylamine groups is 1. The Morgan fingerprint density at radius 2 is 1.82 bits per heavy atom. The monoisotopic (exact) mass is 392 g/mol. The number of anilines is 1. The van der Waals surface area contributed by atoms with Crippen LogP contribution in [-0.4, -0.2) is 48.1 Å². The van der Waals surface area contributed by atoms with Crippen molar-refractivity contribution < 1.29 is 29.4 Å². The van der Waals surface area contributed by atoms with Gasteiger partial charge < -0.3 is 15.5 Å². The van der Waals surface area contributed by atoms with Gasteiger partial charge in [0.15, 0.2) is 0 Å². The lowest BCUT2D eigenvalue weighted by Gasteiger charge is -2.21. The van der Waals surface area contributed by atoms with Gasteiger partial charge in [0.2, 0.25) is 5.78 Å². The van der Waals surface area contributed by atoms with E-state index in [1.54, 1.807) is 25.2 Å². The molecule has 0 fully saturated rings. The molecule has 8 nitrogen and oxygen atoms in total. The van der Waals surface area contributed by atoms with E-state index in [9.17, 15) is 19.5 Å². The van der Waals surface area contributed by atoms with Crippen LogP contribution in [-0.2, 0) is 14.4 Å². The summed E-state index contributed by atoms with van der Waals surface area (Å²) in [6, 6.07) is 6.51. The fraction of sp³-hybridized carbons (Fsp3) is 0.450. The highest BCUT2D eigenvalue weighted by Gasteiger charge is 2.24. The van der Waals surface area contributed by atoms with Gasteiger partial charge >= 0.3 is 5.97 Å². The Morgan fingerprint density at radius 3 is 2.46 bits per heavy atom. The standard InChI is InChI=1S/C20H28N2O6/c1-3-4-5-6-9-12-28-22(2)17-11-8-7-10-15(17)19(26)16(14-23)20(27)21-13-18(24)25/h7-8,10-11,14,23H,3-6,9,12-13H2,1-2H3,(H,21,27)(H,24,25). The van der Waals surface area contributed by atoms with E-state index in [-0.39, 0.29) is 5.56 Å². The van der Waals surface area contributed by atoms with Crippen LogP contribution in [0.15, 0.2) is 36.1 Å². The van der Waals surface area contributed by atoms with E-state index < -0.39 is 29.8 Å². The van der Waals surface area contributed by atoms with E-state index in [0.717, 1.165) is 25.7 Å². The lowest BCUT2D eigenvalue weighted by molar-refractivity contribution is -0.137. The third kappa shape index (κ3) is 7.40. The maximum absolute atomic E-state index is 12.7. The van der Waals surface area contributed by atoms with Crippen LogP contribution in [0.5, 0.6) is 0 Å². The number of nitrogens with zero attached hydrogens (tertiary/aromatic N) is 1. The molecular weight excluding hydrogens is 364 g/mol. The van der Waals surface area contributed by atoms with Crippen molar-refractivity contribution in [2.24, 2.45) is 0 Å². The van der Waals surface area contributed by atoms with Gasteiger partial charge in [-0.05, 0) is 18.6 Å². The molecule has 0 heterocycles. The van der Waals surface area contributed by atoms with Crippen LogP contribution in [0.2, 0.25) is 0 Å². The van der Waals surface area contributed by atoms with Gasteiger partial charge in [-0.2, -0.15) is 0 Å². The number of carbonyl (C=O) groups excluding carboxylic acids is 2. The SMILES string of the molecule is CCCCCCCON(C)c1ccccc1C(=O)C(=CO)C(=O)NCC(=O)O. The number of carboxylic acids is 1. The number of benzene rings is 1. The van der Waals surface area contributed by atoms with E-state index >= 15 is 0 Å². The van der Waals surface area contributed by atoms with E-state index in [0.29, 0.717) is 18.6 Å². The van der Waals surface area contributed by atoms with Crippen molar-refractivity contribution in [2.45, 2.75) is 39.0 Å². The van der Waals surface area contributed by atoms with E-state index in [4.69, 9.17) is 9.94 Å². The number of amides is 1. The van der Waals surface area contributed by atoms with E-state index in [1.165, 1.54) is 17.6 Å². The number of hydrogen-bond donors (Lipinski definition) is 3. The Hall–Kier alpha value is -2.87. The lowest BCUT2D eigenvalue weighted by atomic mass is 10.0. The Balaban J connectivity index is 2.81. The molecule has 28 heavy (non-hydrogen) atoms. The first kappa shape index (κ1) is 23.2. The van der Waals surface area contributed by atoms with Crippen LogP contribution in [0, 0.1) is 0 Å². The number of hydrogen-bond acceptors (Lipinski definition) is 6. The number of ketones is 1. The summed E-state index contributed by atoms with van der Waals surface area (Å²) >= 11 is 0. The topological polar surface area (TPSA) is 116 Å². The molecule has 1 amide bonds. The molecule has 0 spiro atoms. The maximum Gasteiger partial charge on any atom is 0.322 e. The molecule has 0 aromatic heterocycles. The highest BCUT2D eigenvalue weighted by Crippen LogP contribution is 2.23. The largest absolute Gasteiger partial charge is 0.515 e. The summed E-state index contributed by atoms with van der Waals surface area (Å²) in [5.41, 5.74) is 0.0369. The second-order valence-electron chi connectivity index (χ2n) is 6.21. The Bertz CT molecular complexity index is 702. The normalized spacial score (nSPS) is 11.1. The molecule has 154 valence electrons. The van der Waals surface area contributed by atoms with Crippen molar-refractivity contribution in [2.75, 3.05) is 25.3 Å². The third-order valence-electron chi connectivity index (χ3n) is 4.04. The zero-order valence-corrected chi connectivity index (χ0v) is 16.3. The first-order valence-corrected chi connectivity index (χ1v) is 9.27. The van der Waals surface area contributed by atoms with Crippen molar-refractivity contribution in [3.63, 3.8) is 0 Å². The summed E-state index contributed by atoms with van der Waals surface area (Å²) in [4.78, 5) is 41.0. The van der Waals surface area contributed by atoms with Gasteiger partial charge in [-0.15, -0.1) is 0 Å². The number of rotatable bonds is 13. The molecule has 0 saturated heterocycles. The number of unbranched alkanes of at least 4 members (excludes halogenated alkanes) is 4. The van der Waals surface area contributed by atoms with Gasteiger partial charge in [0.1, 0.15) is 12.1 Å². The maximum atomic E-state index is 12.7. The van der Waals surface area contributed by atoms with E-state index in [1.807, 2.05) is 0 Å². The second kappa shape index (κ2) is 12.5. The third-order valence-corrected chi connectivity index (χ3v) is 4.04. The summed E-state index contributed by atoms with van der Waals surface area (Å²) in [5, 5.41) is 21.5. The summed E-state index contributed by atoms with van der Waals surface area (Å²) < 4.78 is 0. The van der Waals surface area contributed by atoms with Crippen LogP contribution in [0.1, 0.15) is 49.4 Å². The van der Waals surface area contributed by atoms with Gasteiger partial charge in [-0.1, -0.05) is 44.7 Å². The highest BCUT2D eigenvalue weighted by atomic mass is 16.7. The van der Waals surface area contributed by atoms with Gasteiger partial charge in [-0.25, -0.2) is 0 Å². The van der Waals surface area contributed by atoms with Crippen LogP contribution >= 0.6 is 0 Å². The van der Waals surface area contributed by atoms with Crippen molar-refractivity contribution in [1.29, 1.82) is 0 Å². The number of Topliss-reactive ketones (excluding diaryl/α,β-unsaturated/α-hetero) is 1. The van der Waals surface area contributed by atoms with Gasteiger partial charge in [0, 0.05) is 12.6 Å². The number of aliphatic carboxylic acids is 1. The molecule has 1 aromatic carbocycles. The molecule has 1 rings (SSSR count). The average Bonchev–Trinajstić information content (AvgIpc) is 2.69. The minimum absolute atomic E-state index is 0.154. The molecule has 0 bridgehead atoms. The fourth-order valence-corrected chi connectivity index (χ4v) is 2.53. The molecule has 1 aromatic rings. The highest BCUT2D eigenvalue weighted by molar-refractivity contribution is 6.27. The Kier molecular flexibility index (Phi) is 10.3. The Labute approximate surface area is 164 Å². The number of carbonyl (C=O) groups is 3. The van der Waals surface area contributed by atoms with Crippen molar-refractivity contribution in [3.8, 4) is 0 Å². The molecule has 0 atom stereocenters. The molecule has 0 aliphatic heterocycles. The summed E-state index contributed by atoms with van der Waals surface area (Å²) in [7, 11) is 1.66. The van der Waals surface area contributed by atoms with E-state index in [2.05, 4.69) is 12.2 Å². The molecule has 0 aliphatic rings. The minimum atomic E-state index is -1.26. The predicted molar refractivity (Wildman–Crippen MR) is 105 cm³/mol. The molecule has 8 heteroatoms. The number of aliphatic hydroxyl groups is 1. The first-order chi connectivity index (χ1) is 13.4. The number of carboxylic acid groups (broad SMARTS) is 1. The van der Waals surface area contributed by atoms with Crippen LogP contribution in [0.3, 0.4) is 0 Å². The number of aliphatic hydroxyl groups excluding tert-OH is 1. The van der Waals surface area contributed by atoms with Crippen molar-refractivity contribution in [3.05, 3.63) is 41.7 Å². The molecule has 0 saturated carbocycles. The van der Waals surface area contributed by atoms with Crippen LogP contribution in [0.25, 0.3) is 0 Å². The molecule has 0 radical (unpaired) electrons. The zero-order valence-electron chi connectivity index (χ0n) is 16.3. The molecule has 0 aliphatic carbocycles. The summed E-state index contributed by atoms with van der Waals surface area (Å²) in [5.74, 6) is -2.96. The fourth-order valence-electron chi connectivity index (χ4n) is 2.53. The Morgan fingerprint density at radius 1 is 1.14 bits per heavy atom. The minimum Gasteiger partial charge on any atom is -0.515 e. The molecule has 3 N–H and O–H groups in total. The van der Waals surface area contributed by atoms with Crippen LogP contribution < -0.4 is 10.4 Å². The predicted octanol–water partition coefficient (Wildman–Crippen LogP) is 2.85. The molecule has 0 unspecified atom stereocenters. The number of para-hydroxylation sites is 1. The quantitative estimate of drug-likeness (QED) is 0.0899. The number of nitrogens with one attached hydrogen (secondary N) is 1. The first-order valence-electron chi connectivity index (χ1n) is 9.27. The summed E-state index contributed by atoms with van der Waals surface area (Å²) in [6.07, 6.45) is 5.83. The average molecular weight is 392 g/mol. The van der Waals surface area contributed by atoms with Gasteiger partial charge in [0.05, 0.1) is 18.6 Å². The summed E-state index contributed by atoms with van der Waals surface area (Å²) in [6.45, 7) is 1.98. The lowest BCUT2D eigenvalue weighted by Crippen LogP contribution is -2.33. The zero-order chi connectivity index (χ0) is 20.9. The smallest absolute Gasteiger partial charge is 0.322 e. The van der Waals surface area contributed by atoms with Crippen molar-refractivity contribution >= 4 is 23.3 Å². The molecular formula is C20H28N2O6. The second-order valence-corrected chi connectivity index (χ2v) is 6.21. The van der Waals surface area contributed by atoms with Gasteiger partial charge in [0.25, 0.3) is 5.91 Å². The van der Waals surface area contributed by atoms with Crippen LogP contribution in [0.4, 0.5) is 5.69 Å².